The van der Waals surface area contributed by atoms with Crippen molar-refractivity contribution in [1.82, 2.24) is 14.6 Å². The molecule has 0 saturated heterocycles. The number of fused-ring (bicyclic) bond motifs is 3. The second-order valence-electron chi connectivity index (χ2n) is 3.05. The third kappa shape index (κ3) is 0.974. The first-order valence-corrected chi connectivity index (χ1v) is 5.02. The fourth-order valence-electron chi connectivity index (χ4n) is 1.58. The highest BCUT2D eigenvalue weighted by Crippen LogP contribution is 2.24. The number of aromatic nitrogens is 3. The molecule has 0 spiro atoms. The Morgan fingerprint density at radius 3 is 3.00 bits per heavy atom. The largest absolute Gasteiger partial charge is 0.236 e. The van der Waals surface area contributed by atoms with Gasteiger partial charge in [-0.3, -0.25) is 0 Å². The van der Waals surface area contributed by atoms with E-state index in [1.807, 2.05) is 24.3 Å². The van der Waals surface area contributed by atoms with Gasteiger partial charge in [-0.15, -0.1) is 0 Å². The van der Waals surface area contributed by atoms with Crippen LogP contribution in [0.25, 0.3) is 16.4 Å². The molecule has 0 atom stereocenters. The van der Waals surface area contributed by atoms with Gasteiger partial charge in [0.2, 0.25) is 0 Å². The van der Waals surface area contributed by atoms with E-state index in [9.17, 15) is 0 Å². The highest BCUT2D eigenvalue weighted by molar-refractivity contribution is 9.10. The number of nitrogens with zero attached hydrogens (tertiary/aromatic N) is 3. The van der Waals surface area contributed by atoms with Gasteiger partial charge < -0.3 is 0 Å². The second kappa shape index (κ2) is 2.78. The molecule has 3 nitrogen and oxygen atoms in total. The molecule has 0 amide bonds. The van der Waals surface area contributed by atoms with Gasteiger partial charge in [0, 0.05) is 5.39 Å². The predicted molar refractivity (Wildman–Crippen MR) is 58.2 cm³/mol. The molecule has 0 aliphatic rings. The first-order valence-electron chi connectivity index (χ1n) is 4.23. The minimum Gasteiger partial charge on any atom is -0.236 e. The molecular formula is C10H6BrN3. The molecule has 14 heavy (non-hydrogen) atoms. The van der Waals surface area contributed by atoms with Crippen LogP contribution in [0.3, 0.4) is 0 Å². The van der Waals surface area contributed by atoms with E-state index in [2.05, 4.69) is 26.0 Å². The maximum absolute atomic E-state index is 4.30. The van der Waals surface area contributed by atoms with Crippen molar-refractivity contribution in [1.29, 1.82) is 0 Å². The predicted octanol–water partition coefficient (Wildman–Crippen LogP) is 2.65. The van der Waals surface area contributed by atoms with Crippen LogP contribution in [0, 0.1) is 0 Å². The average molecular weight is 248 g/mol. The Hall–Kier alpha value is -1.42. The van der Waals surface area contributed by atoms with Gasteiger partial charge in [0.15, 0.2) is 0 Å². The highest BCUT2D eigenvalue weighted by atomic mass is 79.9. The fourth-order valence-corrected chi connectivity index (χ4v) is 2.07. The molecule has 0 saturated carbocycles. The van der Waals surface area contributed by atoms with E-state index in [0.717, 1.165) is 20.9 Å². The van der Waals surface area contributed by atoms with Crippen molar-refractivity contribution in [3.63, 3.8) is 0 Å². The molecule has 0 aliphatic heterocycles. The van der Waals surface area contributed by atoms with Gasteiger partial charge in [-0.25, -0.2) is 9.50 Å². The van der Waals surface area contributed by atoms with Crippen LogP contribution in [-0.4, -0.2) is 14.6 Å². The SMILES string of the molecule is Brc1cnn2cnc3ccccc3c12. The van der Waals surface area contributed by atoms with Gasteiger partial charge in [-0.1, -0.05) is 18.2 Å². The molecule has 2 aromatic heterocycles. The maximum Gasteiger partial charge on any atom is 0.118 e. The smallest absolute Gasteiger partial charge is 0.118 e. The van der Waals surface area contributed by atoms with Gasteiger partial charge in [-0.2, -0.15) is 5.10 Å². The van der Waals surface area contributed by atoms with Crippen LogP contribution < -0.4 is 0 Å². The van der Waals surface area contributed by atoms with Crippen molar-refractivity contribution >= 4 is 32.3 Å². The van der Waals surface area contributed by atoms with Gasteiger partial charge >= 0.3 is 0 Å². The monoisotopic (exact) mass is 247 g/mol. The van der Waals surface area contributed by atoms with Crippen LogP contribution in [0.2, 0.25) is 0 Å². The molecule has 0 bridgehead atoms. The molecule has 0 fully saturated rings. The third-order valence-electron chi connectivity index (χ3n) is 2.22. The lowest BCUT2D eigenvalue weighted by molar-refractivity contribution is 0.934. The van der Waals surface area contributed by atoms with Crippen LogP contribution in [0.5, 0.6) is 0 Å². The molecule has 0 unspecified atom stereocenters. The van der Waals surface area contributed by atoms with Gasteiger partial charge in [0.05, 0.1) is 21.7 Å². The van der Waals surface area contributed by atoms with Crippen molar-refractivity contribution in [2.45, 2.75) is 0 Å². The summed E-state index contributed by atoms with van der Waals surface area (Å²) < 4.78 is 2.77. The van der Waals surface area contributed by atoms with Crippen LogP contribution in [0.1, 0.15) is 0 Å². The zero-order chi connectivity index (χ0) is 9.54. The van der Waals surface area contributed by atoms with Crippen LogP contribution in [0.15, 0.2) is 41.3 Å². The molecule has 0 N–H and O–H groups in total. The van der Waals surface area contributed by atoms with E-state index in [1.165, 1.54) is 0 Å². The number of rotatable bonds is 0. The molecule has 68 valence electrons. The van der Waals surface area contributed by atoms with Crippen molar-refractivity contribution in [3.05, 3.63) is 41.3 Å². The van der Waals surface area contributed by atoms with Crippen molar-refractivity contribution in [2.75, 3.05) is 0 Å². The highest BCUT2D eigenvalue weighted by Gasteiger charge is 2.05. The van der Waals surface area contributed by atoms with Crippen molar-refractivity contribution in [2.24, 2.45) is 0 Å². The third-order valence-corrected chi connectivity index (χ3v) is 2.80. The lowest BCUT2D eigenvalue weighted by Crippen LogP contribution is -1.89. The van der Waals surface area contributed by atoms with Gasteiger partial charge in [0.25, 0.3) is 0 Å². The molecular weight excluding hydrogens is 242 g/mol. The number of hydrogen-bond acceptors (Lipinski definition) is 2. The normalized spacial score (nSPS) is 11.2. The maximum atomic E-state index is 4.30. The first-order chi connectivity index (χ1) is 6.86. The van der Waals surface area contributed by atoms with Gasteiger partial charge in [0.1, 0.15) is 6.33 Å². The number of hydrogen-bond donors (Lipinski definition) is 0. The summed E-state index contributed by atoms with van der Waals surface area (Å²) >= 11 is 3.48. The van der Waals surface area contributed by atoms with E-state index >= 15 is 0 Å². The number of para-hydroxylation sites is 1. The van der Waals surface area contributed by atoms with E-state index in [-0.39, 0.29) is 0 Å². The van der Waals surface area contributed by atoms with E-state index in [1.54, 1.807) is 17.0 Å². The summed E-state index contributed by atoms with van der Waals surface area (Å²) in [5, 5.41) is 5.29. The van der Waals surface area contributed by atoms with Crippen LogP contribution in [-0.2, 0) is 0 Å². The van der Waals surface area contributed by atoms with Gasteiger partial charge in [-0.05, 0) is 22.0 Å². The lowest BCUT2D eigenvalue weighted by Gasteiger charge is -1.99. The van der Waals surface area contributed by atoms with Crippen LogP contribution in [0.4, 0.5) is 0 Å². The van der Waals surface area contributed by atoms with E-state index < -0.39 is 0 Å². The minimum atomic E-state index is 0.987. The second-order valence-corrected chi connectivity index (χ2v) is 3.90. The summed E-state index contributed by atoms with van der Waals surface area (Å²) in [7, 11) is 0. The Labute approximate surface area is 88.5 Å². The van der Waals surface area contributed by atoms with Crippen LogP contribution >= 0.6 is 15.9 Å². The Balaban J connectivity index is 2.65. The standard InChI is InChI=1S/C10H6BrN3/c11-8-5-13-14-6-12-9-4-2-1-3-7(9)10(8)14/h1-6H. The quantitative estimate of drug-likeness (QED) is 0.612. The van der Waals surface area contributed by atoms with E-state index in [4.69, 9.17) is 0 Å². The first kappa shape index (κ1) is 7.94. The molecule has 0 aliphatic carbocycles. The Bertz CT molecular complexity index is 615. The van der Waals surface area contributed by atoms with E-state index in [0.29, 0.717) is 0 Å². The molecule has 3 rings (SSSR count). The summed E-state index contributed by atoms with van der Waals surface area (Å²) in [6, 6.07) is 8.03. The molecule has 3 aromatic rings. The molecule has 1 aromatic carbocycles. The zero-order valence-electron chi connectivity index (χ0n) is 7.18. The Morgan fingerprint density at radius 2 is 2.07 bits per heavy atom. The summed E-state index contributed by atoms with van der Waals surface area (Å²) in [4.78, 5) is 4.30. The topological polar surface area (TPSA) is 30.2 Å². The molecule has 2 heterocycles. The summed E-state index contributed by atoms with van der Waals surface area (Å²) in [5.41, 5.74) is 2.05. The van der Waals surface area contributed by atoms with Crippen molar-refractivity contribution in [3.8, 4) is 0 Å². The summed E-state index contributed by atoms with van der Waals surface area (Å²) in [6.07, 6.45) is 3.51. The minimum absolute atomic E-state index is 0.987. The number of halogens is 1. The Morgan fingerprint density at radius 1 is 1.21 bits per heavy atom. The lowest BCUT2D eigenvalue weighted by atomic mass is 10.2. The zero-order valence-corrected chi connectivity index (χ0v) is 8.77. The fraction of sp³-hybridized carbons (Fsp3) is 0. The summed E-state index contributed by atoms with van der Waals surface area (Å²) in [6.45, 7) is 0. The molecule has 0 radical (unpaired) electrons. The number of benzene rings is 1. The summed E-state index contributed by atoms with van der Waals surface area (Å²) in [5.74, 6) is 0. The van der Waals surface area contributed by atoms with Crippen molar-refractivity contribution < 1.29 is 0 Å². The molecule has 4 heteroatoms. The Kier molecular flexibility index (Phi) is 1.58. The average Bonchev–Trinajstić information content (AvgIpc) is 2.61.